The minimum atomic E-state index is -0.765. The molecule has 1 N–H and O–H groups in total. The second kappa shape index (κ2) is 14.9. The number of rotatable bonds is 12. The number of nitrogens with zero attached hydrogens (tertiary/aromatic N) is 1. The van der Waals surface area contributed by atoms with Crippen LogP contribution in [0.5, 0.6) is 0 Å². The number of amides is 2. The van der Waals surface area contributed by atoms with Gasteiger partial charge in [-0.1, -0.05) is 127 Å². The minimum absolute atomic E-state index is 0.0389. The van der Waals surface area contributed by atoms with E-state index < -0.39 is 6.04 Å². The van der Waals surface area contributed by atoms with Gasteiger partial charge in [-0.25, -0.2) is 0 Å². The average Bonchev–Trinajstić information content (AvgIpc) is 3.00. The van der Waals surface area contributed by atoms with E-state index >= 15 is 0 Å². The van der Waals surface area contributed by atoms with Gasteiger partial charge in [0.15, 0.2) is 0 Å². The molecule has 4 aromatic carbocycles. The van der Waals surface area contributed by atoms with Gasteiger partial charge in [0, 0.05) is 47.0 Å². The molecular weight excluding hydrogens is 551 g/mol. The van der Waals surface area contributed by atoms with Crippen molar-refractivity contribution in [1.82, 2.24) is 10.2 Å². The fourth-order valence-corrected chi connectivity index (χ4v) is 5.46. The molecule has 0 aromatic heterocycles. The molecule has 2 unspecified atom stereocenters. The largest absolute Gasteiger partial charge is 0.352 e. The molecule has 0 fully saturated rings. The molecule has 2 atom stereocenters. The summed E-state index contributed by atoms with van der Waals surface area (Å²) in [6, 6.07) is 34.3. The summed E-state index contributed by atoms with van der Waals surface area (Å²) in [5.41, 5.74) is 3.65. The van der Waals surface area contributed by atoms with Gasteiger partial charge in [0.05, 0.1) is 0 Å². The van der Waals surface area contributed by atoms with E-state index in [-0.39, 0.29) is 36.7 Å². The molecule has 0 bridgehead atoms. The van der Waals surface area contributed by atoms with Crippen LogP contribution in [0.15, 0.2) is 109 Å². The Morgan fingerprint density at radius 1 is 0.756 bits per heavy atom. The summed E-state index contributed by atoms with van der Waals surface area (Å²) in [4.78, 5) is 30.0. The van der Waals surface area contributed by atoms with Gasteiger partial charge in [-0.3, -0.25) is 9.59 Å². The fourth-order valence-electron chi connectivity index (χ4n) is 4.94. The standard InChI is InChI=1S/C35H36Cl2N2O2/c1-3-25(2)38-35(41)33(22-26-14-7-4-8-15-26)39(24-30-31(36)20-13-21-32(30)37)34(40)23-29(27-16-9-5-10-17-27)28-18-11-6-12-19-28/h4-21,25,29,33H,3,22-24H2,1-2H3,(H,38,41). The summed E-state index contributed by atoms with van der Waals surface area (Å²) in [5.74, 6) is -0.543. The maximum atomic E-state index is 14.5. The molecule has 4 aromatic rings. The molecule has 0 aliphatic carbocycles. The Kier molecular flexibility index (Phi) is 11.0. The van der Waals surface area contributed by atoms with Crippen molar-refractivity contribution < 1.29 is 9.59 Å². The molecular formula is C35H36Cl2N2O2. The first-order valence-corrected chi connectivity index (χ1v) is 14.8. The van der Waals surface area contributed by atoms with E-state index in [1.165, 1.54) is 0 Å². The molecule has 212 valence electrons. The summed E-state index contributed by atoms with van der Waals surface area (Å²) >= 11 is 13.2. The van der Waals surface area contributed by atoms with Gasteiger partial charge in [0.2, 0.25) is 11.8 Å². The Morgan fingerprint density at radius 3 is 1.78 bits per heavy atom. The van der Waals surface area contributed by atoms with Gasteiger partial charge >= 0.3 is 0 Å². The van der Waals surface area contributed by atoms with Gasteiger partial charge in [-0.15, -0.1) is 0 Å². The molecule has 0 heterocycles. The van der Waals surface area contributed by atoms with Crippen molar-refractivity contribution in [3.63, 3.8) is 0 Å². The van der Waals surface area contributed by atoms with Crippen LogP contribution in [-0.4, -0.2) is 28.8 Å². The number of carbonyl (C=O) groups is 2. The summed E-state index contributed by atoms with van der Waals surface area (Å²) in [6.07, 6.45) is 1.31. The Morgan fingerprint density at radius 2 is 1.27 bits per heavy atom. The van der Waals surface area contributed by atoms with Gasteiger partial charge in [0.25, 0.3) is 0 Å². The van der Waals surface area contributed by atoms with Gasteiger partial charge in [0.1, 0.15) is 6.04 Å². The first-order valence-electron chi connectivity index (χ1n) is 14.0. The minimum Gasteiger partial charge on any atom is -0.352 e. The smallest absolute Gasteiger partial charge is 0.243 e. The van der Waals surface area contributed by atoms with Gasteiger partial charge in [-0.05, 0) is 42.2 Å². The lowest BCUT2D eigenvalue weighted by molar-refractivity contribution is -0.141. The van der Waals surface area contributed by atoms with Crippen molar-refractivity contribution in [1.29, 1.82) is 0 Å². The highest BCUT2D eigenvalue weighted by molar-refractivity contribution is 6.36. The second-order valence-electron chi connectivity index (χ2n) is 10.3. The van der Waals surface area contributed by atoms with Crippen LogP contribution >= 0.6 is 23.2 Å². The lowest BCUT2D eigenvalue weighted by Crippen LogP contribution is -2.52. The highest BCUT2D eigenvalue weighted by Crippen LogP contribution is 2.32. The first kappa shape index (κ1) is 30.4. The molecule has 0 saturated carbocycles. The molecule has 0 saturated heterocycles. The second-order valence-corrected chi connectivity index (χ2v) is 11.1. The maximum absolute atomic E-state index is 14.5. The predicted octanol–water partition coefficient (Wildman–Crippen LogP) is 8.07. The zero-order valence-electron chi connectivity index (χ0n) is 23.5. The van der Waals surface area contributed by atoms with E-state index in [0.717, 1.165) is 23.1 Å². The Labute approximate surface area is 253 Å². The van der Waals surface area contributed by atoms with Crippen molar-refractivity contribution in [2.24, 2.45) is 0 Å². The number of hydrogen-bond donors (Lipinski definition) is 1. The quantitative estimate of drug-likeness (QED) is 0.182. The van der Waals surface area contributed by atoms with Crippen LogP contribution in [0.4, 0.5) is 0 Å². The van der Waals surface area contributed by atoms with Crippen LogP contribution in [0.2, 0.25) is 10.0 Å². The predicted molar refractivity (Wildman–Crippen MR) is 168 cm³/mol. The number of benzene rings is 4. The number of halogens is 2. The van der Waals surface area contributed by atoms with Crippen LogP contribution in [-0.2, 0) is 22.6 Å². The van der Waals surface area contributed by atoms with Crippen molar-refractivity contribution >= 4 is 35.0 Å². The normalized spacial score (nSPS) is 12.5. The van der Waals surface area contributed by atoms with E-state index in [0.29, 0.717) is 22.0 Å². The lowest BCUT2D eigenvalue weighted by Gasteiger charge is -2.34. The lowest BCUT2D eigenvalue weighted by atomic mass is 9.87. The van der Waals surface area contributed by atoms with E-state index in [4.69, 9.17) is 23.2 Å². The van der Waals surface area contributed by atoms with E-state index in [1.807, 2.05) is 105 Å². The Hall–Kier alpha value is -3.60. The van der Waals surface area contributed by atoms with E-state index in [2.05, 4.69) is 5.32 Å². The molecule has 41 heavy (non-hydrogen) atoms. The third-order valence-electron chi connectivity index (χ3n) is 7.44. The van der Waals surface area contributed by atoms with E-state index in [9.17, 15) is 9.59 Å². The average molecular weight is 588 g/mol. The third-order valence-corrected chi connectivity index (χ3v) is 8.15. The van der Waals surface area contributed by atoms with Crippen molar-refractivity contribution in [2.45, 2.75) is 57.7 Å². The van der Waals surface area contributed by atoms with Crippen molar-refractivity contribution in [2.75, 3.05) is 0 Å². The van der Waals surface area contributed by atoms with Crippen LogP contribution < -0.4 is 5.32 Å². The molecule has 6 heteroatoms. The summed E-state index contributed by atoms with van der Waals surface area (Å²) in [5, 5.41) is 4.03. The molecule has 0 aliphatic heterocycles. The summed E-state index contributed by atoms with van der Waals surface area (Å²) < 4.78 is 0. The van der Waals surface area contributed by atoms with Gasteiger partial charge < -0.3 is 10.2 Å². The van der Waals surface area contributed by atoms with Crippen LogP contribution in [0, 0.1) is 0 Å². The zero-order chi connectivity index (χ0) is 29.2. The molecule has 4 nitrogen and oxygen atoms in total. The third kappa shape index (κ3) is 8.22. The molecule has 0 aliphatic rings. The molecule has 2 amide bonds. The van der Waals surface area contributed by atoms with E-state index in [1.54, 1.807) is 23.1 Å². The highest BCUT2D eigenvalue weighted by Gasteiger charge is 2.33. The highest BCUT2D eigenvalue weighted by atomic mass is 35.5. The van der Waals surface area contributed by atoms with Crippen LogP contribution in [0.3, 0.4) is 0 Å². The number of carbonyl (C=O) groups excluding carboxylic acids is 2. The topological polar surface area (TPSA) is 49.4 Å². The summed E-state index contributed by atoms with van der Waals surface area (Å²) in [6.45, 7) is 4.10. The molecule has 4 rings (SSSR count). The maximum Gasteiger partial charge on any atom is 0.243 e. The number of hydrogen-bond acceptors (Lipinski definition) is 2. The number of nitrogens with one attached hydrogen (secondary N) is 1. The first-order chi connectivity index (χ1) is 19.9. The monoisotopic (exact) mass is 586 g/mol. The van der Waals surface area contributed by atoms with Crippen molar-refractivity contribution in [3.05, 3.63) is 141 Å². The summed E-state index contributed by atoms with van der Waals surface area (Å²) in [7, 11) is 0. The Balaban J connectivity index is 1.77. The SMILES string of the molecule is CCC(C)NC(=O)C(Cc1ccccc1)N(Cc1c(Cl)cccc1Cl)C(=O)CC(c1ccccc1)c1ccccc1. The molecule has 0 radical (unpaired) electrons. The van der Waals surface area contributed by atoms with Crippen molar-refractivity contribution in [3.8, 4) is 0 Å². The molecule has 0 spiro atoms. The van der Waals surface area contributed by atoms with Crippen LogP contribution in [0.1, 0.15) is 54.9 Å². The van der Waals surface area contributed by atoms with Gasteiger partial charge in [-0.2, -0.15) is 0 Å². The van der Waals surface area contributed by atoms with Crippen LogP contribution in [0.25, 0.3) is 0 Å². The Bertz CT molecular complexity index is 1350. The zero-order valence-corrected chi connectivity index (χ0v) is 25.0. The fraction of sp³-hybridized carbons (Fsp3) is 0.257.